The van der Waals surface area contributed by atoms with Gasteiger partial charge in [-0.05, 0) is 30.0 Å². The molecule has 0 bridgehead atoms. The smallest absolute Gasteiger partial charge is 0.231 e. The Morgan fingerprint density at radius 1 is 1.44 bits per heavy atom. The second-order valence-corrected chi connectivity index (χ2v) is 4.96. The SMILES string of the molecule is CN1C(=O)Cc2cc(C3(CN)CC3)ccc21. The molecule has 0 saturated heterocycles. The van der Waals surface area contributed by atoms with Gasteiger partial charge in [0.2, 0.25) is 5.91 Å². The van der Waals surface area contributed by atoms with E-state index in [2.05, 4.69) is 18.2 Å². The second kappa shape index (κ2) is 3.08. The van der Waals surface area contributed by atoms with Crippen molar-refractivity contribution in [3.05, 3.63) is 29.3 Å². The lowest BCUT2D eigenvalue weighted by Gasteiger charge is -2.15. The van der Waals surface area contributed by atoms with Gasteiger partial charge in [0.05, 0.1) is 6.42 Å². The van der Waals surface area contributed by atoms with Crippen molar-refractivity contribution in [3.63, 3.8) is 0 Å². The summed E-state index contributed by atoms with van der Waals surface area (Å²) in [7, 11) is 1.84. The Balaban J connectivity index is 2.02. The summed E-state index contributed by atoms with van der Waals surface area (Å²) in [5.41, 5.74) is 9.58. The number of fused-ring (bicyclic) bond motifs is 1. The molecule has 3 nitrogen and oxygen atoms in total. The van der Waals surface area contributed by atoms with Gasteiger partial charge in [-0.1, -0.05) is 12.1 Å². The normalized spacial score (nSPS) is 21.1. The largest absolute Gasteiger partial charge is 0.330 e. The van der Waals surface area contributed by atoms with Gasteiger partial charge in [0.15, 0.2) is 0 Å². The Morgan fingerprint density at radius 3 is 2.81 bits per heavy atom. The minimum Gasteiger partial charge on any atom is -0.330 e. The number of benzene rings is 1. The van der Waals surface area contributed by atoms with E-state index >= 15 is 0 Å². The topological polar surface area (TPSA) is 46.3 Å². The Labute approximate surface area is 95.2 Å². The summed E-state index contributed by atoms with van der Waals surface area (Å²) >= 11 is 0. The summed E-state index contributed by atoms with van der Waals surface area (Å²) in [5.74, 6) is 0.185. The summed E-state index contributed by atoms with van der Waals surface area (Å²) in [4.78, 5) is 13.3. The predicted octanol–water partition coefficient (Wildman–Crippen LogP) is 1.20. The van der Waals surface area contributed by atoms with E-state index in [0.29, 0.717) is 6.42 Å². The van der Waals surface area contributed by atoms with Crippen LogP contribution in [0, 0.1) is 0 Å². The summed E-state index contributed by atoms with van der Waals surface area (Å²) in [6.07, 6.45) is 2.92. The minimum absolute atomic E-state index is 0.185. The molecule has 0 radical (unpaired) electrons. The van der Waals surface area contributed by atoms with Crippen LogP contribution >= 0.6 is 0 Å². The zero-order chi connectivity index (χ0) is 11.3. The van der Waals surface area contributed by atoms with E-state index in [9.17, 15) is 4.79 Å². The fourth-order valence-corrected chi connectivity index (χ4v) is 2.56. The number of nitrogens with two attached hydrogens (primary N) is 1. The highest BCUT2D eigenvalue weighted by Gasteiger charge is 2.43. The average Bonchev–Trinajstić information content (AvgIpc) is 3.04. The Hall–Kier alpha value is -1.35. The van der Waals surface area contributed by atoms with Crippen molar-refractivity contribution >= 4 is 11.6 Å². The van der Waals surface area contributed by atoms with Gasteiger partial charge in [0, 0.05) is 24.7 Å². The summed E-state index contributed by atoms with van der Waals surface area (Å²) in [5, 5.41) is 0. The van der Waals surface area contributed by atoms with Crippen molar-refractivity contribution in [2.45, 2.75) is 24.7 Å². The number of rotatable bonds is 2. The van der Waals surface area contributed by atoms with Crippen LogP contribution < -0.4 is 10.6 Å². The first-order valence-corrected chi connectivity index (χ1v) is 5.76. The molecule has 2 aliphatic rings. The first kappa shape index (κ1) is 9.85. The third-order valence-corrected chi connectivity index (χ3v) is 4.01. The molecule has 0 unspecified atom stereocenters. The lowest BCUT2D eigenvalue weighted by Crippen LogP contribution is -2.20. The lowest BCUT2D eigenvalue weighted by atomic mass is 9.94. The zero-order valence-corrected chi connectivity index (χ0v) is 9.49. The van der Waals surface area contributed by atoms with Crippen LogP contribution in [0.4, 0.5) is 5.69 Å². The molecule has 2 N–H and O–H groups in total. The number of carbonyl (C=O) groups is 1. The number of carbonyl (C=O) groups excluding carboxylic acids is 1. The summed E-state index contributed by atoms with van der Waals surface area (Å²) in [6, 6.07) is 6.37. The summed E-state index contributed by atoms with van der Waals surface area (Å²) < 4.78 is 0. The molecule has 1 fully saturated rings. The third-order valence-electron chi connectivity index (χ3n) is 4.01. The van der Waals surface area contributed by atoms with Gasteiger partial charge >= 0.3 is 0 Å². The zero-order valence-electron chi connectivity index (χ0n) is 9.49. The second-order valence-electron chi connectivity index (χ2n) is 4.96. The van der Waals surface area contributed by atoms with Crippen LogP contribution in [0.15, 0.2) is 18.2 Å². The van der Waals surface area contributed by atoms with Gasteiger partial charge in [-0.3, -0.25) is 4.79 Å². The van der Waals surface area contributed by atoms with Crippen LogP contribution in [0.2, 0.25) is 0 Å². The summed E-state index contributed by atoms with van der Waals surface area (Å²) in [6.45, 7) is 0.718. The fourth-order valence-electron chi connectivity index (χ4n) is 2.56. The molecule has 1 aliphatic heterocycles. The average molecular weight is 216 g/mol. The van der Waals surface area contributed by atoms with Crippen molar-refractivity contribution < 1.29 is 4.79 Å². The van der Waals surface area contributed by atoms with Gasteiger partial charge in [-0.15, -0.1) is 0 Å². The van der Waals surface area contributed by atoms with Crippen LogP contribution in [0.5, 0.6) is 0 Å². The molecule has 0 atom stereocenters. The fraction of sp³-hybridized carbons (Fsp3) is 0.462. The number of nitrogens with zero attached hydrogens (tertiary/aromatic N) is 1. The molecule has 1 heterocycles. The molecule has 3 rings (SSSR count). The van der Waals surface area contributed by atoms with E-state index in [1.807, 2.05) is 7.05 Å². The van der Waals surface area contributed by atoms with Crippen molar-refractivity contribution in [3.8, 4) is 0 Å². The number of hydrogen-bond acceptors (Lipinski definition) is 2. The van der Waals surface area contributed by atoms with Crippen molar-refractivity contribution in [1.29, 1.82) is 0 Å². The van der Waals surface area contributed by atoms with Gasteiger partial charge in [0.1, 0.15) is 0 Å². The van der Waals surface area contributed by atoms with E-state index in [0.717, 1.165) is 17.8 Å². The van der Waals surface area contributed by atoms with Crippen LogP contribution in [0.25, 0.3) is 0 Å². The predicted molar refractivity (Wildman–Crippen MR) is 63.5 cm³/mol. The van der Waals surface area contributed by atoms with E-state index in [4.69, 9.17) is 5.73 Å². The highest BCUT2D eigenvalue weighted by molar-refractivity contribution is 6.00. The molecule has 84 valence electrons. The molecule has 0 aromatic heterocycles. The highest BCUT2D eigenvalue weighted by Crippen LogP contribution is 2.48. The molecule has 1 saturated carbocycles. The number of likely N-dealkylation sites (N-methyl/N-ethyl adjacent to an activating group) is 1. The van der Waals surface area contributed by atoms with Crippen LogP contribution in [0.3, 0.4) is 0 Å². The molecule has 16 heavy (non-hydrogen) atoms. The number of amides is 1. The van der Waals surface area contributed by atoms with E-state index in [1.165, 1.54) is 18.4 Å². The minimum atomic E-state index is 0.185. The molecule has 3 heteroatoms. The first-order valence-electron chi connectivity index (χ1n) is 5.76. The number of anilines is 1. The molecule has 1 aromatic carbocycles. The Bertz CT molecular complexity index is 463. The quantitative estimate of drug-likeness (QED) is 0.807. The molecule has 0 spiro atoms. The maximum absolute atomic E-state index is 11.6. The monoisotopic (exact) mass is 216 g/mol. The van der Waals surface area contributed by atoms with Gasteiger partial charge in [-0.25, -0.2) is 0 Å². The van der Waals surface area contributed by atoms with Gasteiger partial charge < -0.3 is 10.6 Å². The van der Waals surface area contributed by atoms with E-state index in [1.54, 1.807) is 4.90 Å². The first-order chi connectivity index (χ1) is 7.66. The van der Waals surface area contributed by atoms with E-state index in [-0.39, 0.29) is 11.3 Å². The van der Waals surface area contributed by atoms with Crippen LogP contribution in [-0.4, -0.2) is 19.5 Å². The maximum atomic E-state index is 11.6. The van der Waals surface area contributed by atoms with E-state index < -0.39 is 0 Å². The van der Waals surface area contributed by atoms with Gasteiger partial charge in [-0.2, -0.15) is 0 Å². The van der Waals surface area contributed by atoms with Crippen molar-refractivity contribution in [2.75, 3.05) is 18.5 Å². The molecular weight excluding hydrogens is 200 g/mol. The third kappa shape index (κ3) is 1.21. The lowest BCUT2D eigenvalue weighted by molar-refractivity contribution is -0.117. The van der Waals surface area contributed by atoms with Crippen molar-refractivity contribution in [1.82, 2.24) is 0 Å². The molecule has 1 amide bonds. The molecular formula is C13H16N2O. The Morgan fingerprint density at radius 2 is 2.19 bits per heavy atom. The molecule has 1 aromatic rings. The maximum Gasteiger partial charge on any atom is 0.231 e. The molecule has 1 aliphatic carbocycles. The highest BCUT2D eigenvalue weighted by atomic mass is 16.2. The van der Waals surface area contributed by atoms with Crippen LogP contribution in [-0.2, 0) is 16.6 Å². The van der Waals surface area contributed by atoms with Crippen molar-refractivity contribution in [2.24, 2.45) is 5.73 Å². The van der Waals surface area contributed by atoms with Crippen LogP contribution in [0.1, 0.15) is 24.0 Å². The van der Waals surface area contributed by atoms with Gasteiger partial charge in [0.25, 0.3) is 0 Å². The number of hydrogen-bond donors (Lipinski definition) is 1. The Kier molecular flexibility index (Phi) is 1.89. The standard InChI is InChI=1S/C13H16N2O/c1-15-11-3-2-10(13(8-14)4-5-13)6-9(11)7-12(15)16/h2-3,6H,4-5,7-8,14H2,1H3.